The number of aromatic nitrogens is 6. The van der Waals surface area contributed by atoms with Crippen LogP contribution >= 0.6 is 19.4 Å². The molecule has 1 aliphatic heterocycles. The summed E-state index contributed by atoms with van der Waals surface area (Å²) < 4.78 is 20.7. The highest BCUT2D eigenvalue weighted by atomic mass is 32.2. The lowest BCUT2D eigenvalue weighted by molar-refractivity contribution is -0.118. The highest BCUT2D eigenvalue weighted by Crippen LogP contribution is 2.60. The Hall–Kier alpha value is -3.24. The number of nitrogens with one attached hydrogen (secondary N) is 2. The molecule has 256 valence electrons. The minimum atomic E-state index is -4.76. The molecule has 14 nitrogen and oxygen atoms in total. The molecule has 0 bridgehead atoms. The predicted molar refractivity (Wildman–Crippen MR) is 185 cm³/mol. The van der Waals surface area contributed by atoms with Gasteiger partial charge in [-0.1, -0.05) is 46.8 Å². The summed E-state index contributed by atoms with van der Waals surface area (Å²) in [7, 11) is -7.23. The van der Waals surface area contributed by atoms with Gasteiger partial charge in [-0.25, -0.2) is 4.98 Å². The Morgan fingerprint density at radius 1 is 1.09 bits per heavy atom. The number of imidazole rings is 1. The van der Waals surface area contributed by atoms with Crippen molar-refractivity contribution in [3.05, 3.63) is 77.9 Å². The highest BCUT2D eigenvalue weighted by Gasteiger charge is 2.56. The Bertz CT molecular complexity index is 1600. The molecule has 4 aromatic rings. The second-order valence-corrected chi connectivity index (χ2v) is 20.5. The number of rotatable bonds is 7. The average molecular weight is 706 g/mol. The maximum Gasteiger partial charge on any atom is 0.334 e. The van der Waals surface area contributed by atoms with E-state index in [0.717, 1.165) is 11.8 Å². The quantitative estimate of drug-likeness (QED) is 0.134. The molecule has 1 aliphatic rings. The molecule has 1 fully saturated rings. The molecule has 0 radical (unpaired) electrons. The van der Waals surface area contributed by atoms with Crippen LogP contribution in [-0.4, -0.2) is 82.2 Å². The van der Waals surface area contributed by atoms with Crippen molar-refractivity contribution >= 4 is 50.7 Å². The first-order valence-electron chi connectivity index (χ1n) is 14.9. The van der Waals surface area contributed by atoms with Crippen LogP contribution in [-0.2, 0) is 13.8 Å². The van der Waals surface area contributed by atoms with Gasteiger partial charge < -0.3 is 23.9 Å². The first kappa shape index (κ1) is 38.2. The van der Waals surface area contributed by atoms with Gasteiger partial charge in [-0.3, -0.25) is 34.4 Å². The second-order valence-electron chi connectivity index (χ2n) is 12.6. The van der Waals surface area contributed by atoms with Gasteiger partial charge in [-0.05, 0) is 42.4 Å². The van der Waals surface area contributed by atoms with Gasteiger partial charge in [0.05, 0.1) is 29.7 Å². The fraction of sp³-hybridized carbons (Fsp3) is 0.467. The van der Waals surface area contributed by atoms with Crippen molar-refractivity contribution in [1.82, 2.24) is 29.5 Å². The zero-order valence-electron chi connectivity index (χ0n) is 27.5. The number of aliphatic hydroxyl groups is 1. The zero-order chi connectivity index (χ0) is 35.0. The van der Waals surface area contributed by atoms with E-state index in [1.165, 1.54) is 10.9 Å². The third kappa shape index (κ3) is 10.1. The molecule has 5 rings (SSSR count). The Balaban J connectivity index is 0.000000414. The SMILES string of the molecule is CC(C)C(=O)Nc1nc2c(ncn2[C@@H]2S[C@H](CO)[C@@H](O[Si](C)(C)C(C)(C)C)[C@H]2P(=O)(O)O)c(=O)[nH]1.c1ccncc1.c1ccncc1. The number of nitrogens with zero attached hydrogens (tertiary/aromatic N) is 5. The highest BCUT2D eigenvalue weighted by molar-refractivity contribution is 8.00. The van der Waals surface area contributed by atoms with Gasteiger partial charge in [-0.2, -0.15) is 4.98 Å². The molecule has 17 heteroatoms. The maximum atomic E-state index is 12.8. The van der Waals surface area contributed by atoms with Gasteiger partial charge in [0.25, 0.3) is 5.56 Å². The van der Waals surface area contributed by atoms with E-state index in [1.54, 1.807) is 38.6 Å². The number of carbonyl (C=O) groups excluding carboxylic acids is 1. The number of amides is 1. The fourth-order valence-electron chi connectivity index (χ4n) is 4.17. The molecule has 1 amide bonds. The summed E-state index contributed by atoms with van der Waals surface area (Å²) in [6, 6.07) is 11.4. The third-order valence-corrected chi connectivity index (χ3v) is 15.3. The monoisotopic (exact) mass is 705 g/mol. The number of fused-ring (bicyclic) bond motifs is 1. The summed E-state index contributed by atoms with van der Waals surface area (Å²) in [6.45, 7) is 13.0. The van der Waals surface area contributed by atoms with Crippen LogP contribution in [0.1, 0.15) is 40.0 Å². The van der Waals surface area contributed by atoms with Crippen molar-refractivity contribution in [2.45, 2.75) is 75.1 Å². The number of pyridine rings is 2. The van der Waals surface area contributed by atoms with Crippen molar-refractivity contribution < 1.29 is 28.7 Å². The van der Waals surface area contributed by atoms with E-state index in [9.17, 15) is 29.0 Å². The van der Waals surface area contributed by atoms with Crippen molar-refractivity contribution in [3.8, 4) is 0 Å². The lowest BCUT2D eigenvalue weighted by Crippen LogP contribution is -2.49. The number of carbonyl (C=O) groups is 1. The van der Waals surface area contributed by atoms with Crippen molar-refractivity contribution in [3.63, 3.8) is 0 Å². The molecule has 0 saturated carbocycles. The van der Waals surface area contributed by atoms with Crippen LogP contribution in [0.5, 0.6) is 0 Å². The first-order chi connectivity index (χ1) is 22.0. The Morgan fingerprint density at radius 2 is 1.64 bits per heavy atom. The molecule has 0 spiro atoms. The number of anilines is 1. The standard InChI is InChI=1S/C20H34N5O7PSSi.2C5H5N/c1-10(2)16(27)23-19-22-15-12(17(28)24-19)21-9-25(15)18-14(33(29,30)31)13(11(8-26)34-18)32-35(6,7)20(3,4)5;2*1-2-4-6-5-3-1/h9-11,13-14,18,26H,8H2,1-7H3,(H2,29,30,31)(H2,22,23,24,27,28);2*1-5H/t11-,13-,14-,18-;;/m1../s1. The fourth-order valence-corrected chi connectivity index (χ4v) is 9.09. The van der Waals surface area contributed by atoms with Gasteiger partial charge in [-0.15, -0.1) is 11.8 Å². The molecular formula is C30H44N7O7PSSi. The van der Waals surface area contributed by atoms with Crippen LogP contribution in [0.15, 0.2) is 72.3 Å². The summed E-state index contributed by atoms with van der Waals surface area (Å²) in [4.78, 5) is 64.0. The molecule has 47 heavy (non-hydrogen) atoms. The number of thioether (sulfide) groups is 1. The molecule has 5 N–H and O–H groups in total. The van der Waals surface area contributed by atoms with E-state index in [0.29, 0.717) is 0 Å². The van der Waals surface area contributed by atoms with E-state index in [1.807, 2.05) is 70.3 Å². The van der Waals surface area contributed by atoms with Gasteiger partial charge >= 0.3 is 7.60 Å². The van der Waals surface area contributed by atoms with Gasteiger partial charge in [0.15, 0.2) is 19.5 Å². The number of hydrogen-bond donors (Lipinski definition) is 5. The van der Waals surface area contributed by atoms with Crippen LogP contribution < -0.4 is 10.9 Å². The normalized spacial score (nSPS) is 19.8. The summed E-state index contributed by atoms with van der Waals surface area (Å²) in [5.41, 5.74) is -1.89. The Kier molecular flexibility index (Phi) is 13.2. The number of hydrogen-bond acceptors (Lipinski definition) is 10. The van der Waals surface area contributed by atoms with E-state index in [-0.39, 0.29) is 40.6 Å². The zero-order valence-corrected chi connectivity index (χ0v) is 30.2. The van der Waals surface area contributed by atoms with Crippen LogP contribution in [0, 0.1) is 5.92 Å². The lowest BCUT2D eigenvalue weighted by atomic mass is 10.2. The van der Waals surface area contributed by atoms with E-state index in [4.69, 9.17) is 4.43 Å². The number of aliphatic hydroxyl groups excluding tert-OH is 1. The first-order valence-corrected chi connectivity index (χ1v) is 20.5. The van der Waals surface area contributed by atoms with Gasteiger partial charge in [0.1, 0.15) is 5.66 Å². The topological polar surface area (TPSA) is 205 Å². The van der Waals surface area contributed by atoms with E-state index < -0.39 is 43.9 Å². The maximum absolute atomic E-state index is 12.8. The molecular weight excluding hydrogens is 661 g/mol. The number of H-pyrrole nitrogens is 1. The van der Waals surface area contributed by atoms with Crippen LogP contribution in [0.4, 0.5) is 5.95 Å². The molecule has 5 heterocycles. The minimum absolute atomic E-state index is 0.0353. The van der Waals surface area contributed by atoms with Crippen molar-refractivity contribution in [2.75, 3.05) is 11.9 Å². The third-order valence-electron chi connectivity index (χ3n) is 7.72. The van der Waals surface area contributed by atoms with E-state index in [2.05, 4.69) is 30.2 Å². The molecule has 0 aromatic carbocycles. The lowest BCUT2D eigenvalue weighted by Gasteiger charge is -2.41. The Labute approximate surface area is 279 Å². The minimum Gasteiger partial charge on any atom is -0.412 e. The second kappa shape index (κ2) is 16.2. The molecule has 4 aromatic heterocycles. The Morgan fingerprint density at radius 3 is 2.04 bits per heavy atom. The molecule has 4 atom stereocenters. The van der Waals surface area contributed by atoms with Crippen molar-refractivity contribution in [2.24, 2.45) is 5.92 Å². The molecule has 0 unspecified atom stereocenters. The van der Waals surface area contributed by atoms with Crippen LogP contribution in [0.3, 0.4) is 0 Å². The van der Waals surface area contributed by atoms with Crippen LogP contribution in [0.2, 0.25) is 18.1 Å². The summed E-state index contributed by atoms with van der Waals surface area (Å²) in [6.07, 6.45) is 7.36. The number of aromatic amines is 1. The van der Waals surface area contributed by atoms with E-state index >= 15 is 0 Å². The summed E-state index contributed by atoms with van der Waals surface area (Å²) in [5, 5.41) is 10.9. The largest absolute Gasteiger partial charge is 0.412 e. The van der Waals surface area contributed by atoms with Gasteiger partial charge in [0.2, 0.25) is 11.9 Å². The van der Waals surface area contributed by atoms with Crippen LogP contribution in [0.25, 0.3) is 11.2 Å². The summed E-state index contributed by atoms with van der Waals surface area (Å²) >= 11 is 1.15. The average Bonchev–Trinajstić information content (AvgIpc) is 3.60. The molecule has 1 saturated heterocycles. The predicted octanol–water partition coefficient (Wildman–Crippen LogP) is 4.42. The van der Waals surface area contributed by atoms with Gasteiger partial charge in [0, 0.05) is 30.7 Å². The summed E-state index contributed by atoms with van der Waals surface area (Å²) in [5.74, 6) is -0.805. The molecule has 0 aliphatic carbocycles. The van der Waals surface area contributed by atoms with Crippen molar-refractivity contribution in [1.29, 1.82) is 0 Å². The smallest absolute Gasteiger partial charge is 0.334 e.